The molecular weight excluding hydrogens is 236 g/mol. The Kier molecular flexibility index (Phi) is 7.28. The third-order valence-corrected chi connectivity index (χ3v) is 1.60. The second kappa shape index (κ2) is 8.17. The van der Waals surface area contributed by atoms with Crippen molar-refractivity contribution < 1.29 is 14.3 Å². The van der Waals surface area contributed by atoms with E-state index in [2.05, 4.69) is 16.0 Å². The molecule has 3 N–H and O–H groups in total. The van der Waals surface area contributed by atoms with E-state index in [1.54, 1.807) is 20.8 Å². The molecule has 18 heavy (non-hydrogen) atoms. The minimum atomic E-state index is -0.536. The summed E-state index contributed by atoms with van der Waals surface area (Å²) in [6.07, 6.45) is -0.252. The van der Waals surface area contributed by atoms with Crippen LogP contribution in [-0.2, 0) is 4.74 Å². The van der Waals surface area contributed by atoms with Crippen LogP contribution in [0.2, 0.25) is 0 Å². The van der Waals surface area contributed by atoms with Crippen LogP contribution in [0, 0.1) is 11.3 Å². The number of nitrogens with zero attached hydrogens (tertiary/aromatic N) is 1. The van der Waals surface area contributed by atoms with Gasteiger partial charge in [0, 0.05) is 19.6 Å². The molecule has 0 unspecified atom stereocenters. The number of nitrogens with one attached hydrogen (secondary N) is 3. The number of carbonyl (C=O) groups excluding carboxylic acids is 2. The summed E-state index contributed by atoms with van der Waals surface area (Å²) in [6, 6.07) is 1.55. The van der Waals surface area contributed by atoms with Crippen molar-refractivity contribution in [2.75, 3.05) is 19.6 Å². The Hall–Kier alpha value is -1.97. The van der Waals surface area contributed by atoms with E-state index in [1.165, 1.54) is 0 Å². The molecule has 0 radical (unpaired) electrons. The Labute approximate surface area is 107 Å². The summed E-state index contributed by atoms with van der Waals surface area (Å²) in [5.74, 6) is 0. The SMILES string of the molecule is CC(C)(C)OC(=O)NCCNC(=O)NCCC#N. The van der Waals surface area contributed by atoms with Crippen molar-refractivity contribution in [1.29, 1.82) is 5.26 Å². The highest BCUT2D eigenvalue weighted by atomic mass is 16.6. The maximum atomic E-state index is 11.2. The number of rotatable bonds is 5. The van der Waals surface area contributed by atoms with E-state index in [0.29, 0.717) is 6.54 Å². The van der Waals surface area contributed by atoms with Gasteiger partial charge in [-0.15, -0.1) is 0 Å². The molecular formula is C11H20N4O3. The third-order valence-electron chi connectivity index (χ3n) is 1.60. The minimum Gasteiger partial charge on any atom is -0.444 e. The highest BCUT2D eigenvalue weighted by molar-refractivity contribution is 5.73. The van der Waals surface area contributed by atoms with Gasteiger partial charge in [-0.1, -0.05) is 0 Å². The zero-order valence-electron chi connectivity index (χ0n) is 11.0. The predicted molar refractivity (Wildman–Crippen MR) is 65.9 cm³/mol. The quantitative estimate of drug-likeness (QED) is 0.630. The lowest BCUT2D eigenvalue weighted by Crippen LogP contribution is -2.41. The fraction of sp³-hybridized carbons (Fsp3) is 0.727. The van der Waals surface area contributed by atoms with Gasteiger partial charge in [0.2, 0.25) is 0 Å². The molecule has 0 aliphatic rings. The summed E-state index contributed by atoms with van der Waals surface area (Å²) >= 11 is 0. The molecule has 0 aliphatic carbocycles. The molecule has 0 aromatic carbocycles. The van der Waals surface area contributed by atoms with Crippen LogP contribution in [0.15, 0.2) is 0 Å². The number of carbonyl (C=O) groups is 2. The number of nitriles is 1. The number of ether oxygens (including phenoxy) is 1. The summed E-state index contributed by atoms with van der Waals surface area (Å²) in [5.41, 5.74) is -0.536. The van der Waals surface area contributed by atoms with Gasteiger partial charge in [0.1, 0.15) is 5.60 Å². The van der Waals surface area contributed by atoms with Crippen LogP contribution >= 0.6 is 0 Å². The van der Waals surface area contributed by atoms with Crippen LogP contribution in [0.1, 0.15) is 27.2 Å². The first-order valence-corrected chi connectivity index (χ1v) is 5.70. The van der Waals surface area contributed by atoms with Gasteiger partial charge in [-0.2, -0.15) is 5.26 Å². The van der Waals surface area contributed by atoms with Crippen LogP contribution in [0.25, 0.3) is 0 Å². The average molecular weight is 256 g/mol. The molecule has 0 bridgehead atoms. The lowest BCUT2D eigenvalue weighted by Gasteiger charge is -2.19. The second-order valence-electron chi connectivity index (χ2n) is 4.52. The van der Waals surface area contributed by atoms with E-state index < -0.39 is 11.7 Å². The van der Waals surface area contributed by atoms with Crippen molar-refractivity contribution in [2.24, 2.45) is 0 Å². The first kappa shape index (κ1) is 16.0. The highest BCUT2D eigenvalue weighted by Crippen LogP contribution is 2.05. The van der Waals surface area contributed by atoms with Gasteiger partial charge < -0.3 is 20.7 Å². The molecule has 0 atom stereocenters. The summed E-state index contributed by atoms with van der Waals surface area (Å²) in [5, 5.41) is 15.8. The molecule has 3 amide bonds. The van der Waals surface area contributed by atoms with Gasteiger partial charge in [-0.3, -0.25) is 0 Å². The van der Waals surface area contributed by atoms with Crippen LogP contribution in [0.4, 0.5) is 9.59 Å². The lowest BCUT2D eigenvalue weighted by atomic mass is 10.2. The summed E-state index contributed by atoms with van der Waals surface area (Å²) in [6.45, 7) is 6.19. The number of hydrogen-bond acceptors (Lipinski definition) is 4. The summed E-state index contributed by atoms with van der Waals surface area (Å²) in [7, 11) is 0. The van der Waals surface area contributed by atoms with E-state index in [0.717, 1.165) is 0 Å². The Morgan fingerprint density at radius 2 is 1.67 bits per heavy atom. The molecule has 7 heteroatoms. The zero-order chi connectivity index (χ0) is 14.0. The molecule has 0 spiro atoms. The van der Waals surface area contributed by atoms with Crippen LogP contribution in [0.3, 0.4) is 0 Å². The number of urea groups is 1. The van der Waals surface area contributed by atoms with E-state index in [1.807, 2.05) is 6.07 Å². The van der Waals surface area contributed by atoms with Crippen molar-refractivity contribution in [3.05, 3.63) is 0 Å². The van der Waals surface area contributed by atoms with Crippen molar-refractivity contribution in [3.63, 3.8) is 0 Å². The topological polar surface area (TPSA) is 103 Å². The number of alkyl carbamates (subject to hydrolysis) is 1. The average Bonchev–Trinajstić information content (AvgIpc) is 2.22. The summed E-state index contributed by atoms with van der Waals surface area (Å²) < 4.78 is 5.01. The van der Waals surface area contributed by atoms with Gasteiger partial charge in [-0.25, -0.2) is 9.59 Å². The van der Waals surface area contributed by atoms with E-state index in [9.17, 15) is 9.59 Å². The largest absolute Gasteiger partial charge is 0.444 e. The fourth-order valence-corrected chi connectivity index (χ4v) is 0.949. The van der Waals surface area contributed by atoms with Crippen LogP contribution in [0.5, 0.6) is 0 Å². The van der Waals surface area contributed by atoms with Crippen LogP contribution < -0.4 is 16.0 Å². The standard InChI is InChI=1S/C11H20N4O3/c1-11(2,3)18-10(17)15-8-7-14-9(16)13-6-4-5-12/h4,6-8H2,1-3H3,(H,15,17)(H2,13,14,16). The Morgan fingerprint density at radius 1 is 1.11 bits per heavy atom. The maximum Gasteiger partial charge on any atom is 0.407 e. The molecule has 102 valence electrons. The highest BCUT2D eigenvalue weighted by Gasteiger charge is 2.15. The molecule has 0 aromatic heterocycles. The van der Waals surface area contributed by atoms with Gasteiger partial charge in [-0.05, 0) is 20.8 Å². The summed E-state index contributed by atoms with van der Waals surface area (Å²) in [4.78, 5) is 22.3. The molecule has 0 saturated heterocycles. The van der Waals surface area contributed by atoms with Gasteiger partial charge in [0.25, 0.3) is 0 Å². The normalized spacial score (nSPS) is 10.1. The molecule has 0 saturated carbocycles. The Balaban J connectivity index is 3.53. The monoisotopic (exact) mass is 256 g/mol. The maximum absolute atomic E-state index is 11.2. The molecule has 0 aromatic rings. The van der Waals surface area contributed by atoms with Gasteiger partial charge in [0.05, 0.1) is 12.5 Å². The van der Waals surface area contributed by atoms with E-state index in [4.69, 9.17) is 10.00 Å². The predicted octanol–water partition coefficient (Wildman–Crippen LogP) is 0.724. The Bertz CT molecular complexity index is 317. The van der Waals surface area contributed by atoms with Crippen molar-refractivity contribution in [2.45, 2.75) is 32.8 Å². The zero-order valence-corrected chi connectivity index (χ0v) is 11.0. The molecule has 0 aliphatic heterocycles. The van der Waals surface area contributed by atoms with Gasteiger partial charge in [0.15, 0.2) is 0 Å². The van der Waals surface area contributed by atoms with Crippen molar-refractivity contribution in [3.8, 4) is 6.07 Å². The number of hydrogen-bond donors (Lipinski definition) is 3. The fourth-order valence-electron chi connectivity index (χ4n) is 0.949. The second-order valence-corrected chi connectivity index (χ2v) is 4.52. The minimum absolute atomic E-state index is 0.267. The molecule has 7 nitrogen and oxygen atoms in total. The molecule has 0 fully saturated rings. The third kappa shape index (κ3) is 10.5. The van der Waals surface area contributed by atoms with E-state index in [-0.39, 0.29) is 25.5 Å². The molecule has 0 rings (SSSR count). The smallest absolute Gasteiger partial charge is 0.407 e. The Morgan fingerprint density at radius 3 is 2.22 bits per heavy atom. The van der Waals surface area contributed by atoms with Crippen LogP contribution in [-0.4, -0.2) is 37.4 Å². The lowest BCUT2D eigenvalue weighted by molar-refractivity contribution is 0.0528. The first-order chi connectivity index (χ1) is 8.35. The van der Waals surface area contributed by atoms with E-state index >= 15 is 0 Å². The van der Waals surface area contributed by atoms with Gasteiger partial charge >= 0.3 is 12.1 Å². The molecule has 0 heterocycles. The number of amides is 3. The first-order valence-electron chi connectivity index (χ1n) is 5.70. The van der Waals surface area contributed by atoms with Crippen molar-refractivity contribution in [1.82, 2.24) is 16.0 Å². The van der Waals surface area contributed by atoms with Crippen molar-refractivity contribution >= 4 is 12.1 Å².